The fraction of sp³-hybridized carbons (Fsp3) is 0.135. The molecule has 0 saturated carbocycles. The van der Waals surface area contributed by atoms with Crippen LogP contribution in [0.15, 0.2) is 121 Å². The Kier molecular flexibility index (Phi) is 7.84. The van der Waals surface area contributed by atoms with Crippen molar-refractivity contribution in [2.24, 2.45) is 0 Å². The summed E-state index contributed by atoms with van der Waals surface area (Å²) in [5.74, 6) is -0.477. The van der Waals surface area contributed by atoms with E-state index in [2.05, 4.69) is 86.6 Å². The Bertz CT molecular complexity index is 1650. The zero-order valence-electron chi connectivity index (χ0n) is 23.7. The van der Waals surface area contributed by atoms with Crippen LogP contribution in [-0.4, -0.2) is 19.0 Å². The Morgan fingerprint density at radius 3 is 1.49 bits per heavy atom. The Hall–Kier alpha value is -4.96. The van der Waals surface area contributed by atoms with Crippen LogP contribution in [0, 0.1) is 20.8 Å². The second-order valence-corrected chi connectivity index (χ2v) is 10.2. The molecule has 0 amide bonds. The van der Waals surface area contributed by atoms with Gasteiger partial charge in [-0.3, -0.25) is 0 Å². The highest BCUT2D eigenvalue weighted by Gasteiger charge is 2.38. The number of methoxy groups -OCH3 is 1. The summed E-state index contributed by atoms with van der Waals surface area (Å²) >= 11 is 0. The molecule has 0 heterocycles. The number of esters is 2. The highest BCUT2D eigenvalue weighted by atomic mass is 16.5. The standard InChI is InChI=1S/C37H32O4/c1-25-15-20-32(23-26(25)2)37(30-11-7-5-8-12-30,31-13-9-6-10-14-31)33-21-22-34(27(3)24-33)41-36(39)29-18-16-28(17-19-29)35(38)40-4/h5-24H,1-4H3. The number of carbonyl (C=O) groups is 2. The zero-order chi connectivity index (χ0) is 29.0. The molecule has 41 heavy (non-hydrogen) atoms. The largest absolute Gasteiger partial charge is 0.465 e. The van der Waals surface area contributed by atoms with Crippen LogP contribution in [0.4, 0.5) is 0 Å². The van der Waals surface area contributed by atoms with Gasteiger partial charge < -0.3 is 9.47 Å². The van der Waals surface area contributed by atoms with Crippen LogP contribution in [0.3, 0.4) is 0 Å². The third-order valence-electron chi connectivity index (χ3n) is 7.71. The minimum Gasteiger partial charge on any atom is -0.465 e. The highest BCUT2D eigenvalue weighted by molar-refractivity contribution is 5.94. The quantitative estimate of drug-likeness (QED) is 0.119. The zero-order valence-corrected chi connectivity index (χ0v) is 23.7. The van der Waals surface area contributed by atoms with Crippen molar-refractivity contribution in [1.82, 2.24) is 0 Å². The van der Waals surface area contributed by atoms with Crippen molar-refractivity contribution in [3.8, 4) is 5.75 Å². The number of benzene rings is 5. The van der Waals surface area contributed by atoms with E-state index in [1.165, 1.54) is 18.2 Å². The summed E-state index contributed by atoms with van der Waals surface area (Å²) < 4.78 is 10.6. The monoisotopic (exact) mass is 540 g/mol. The molecule has 0 atom stereocenters. The minimum absolute atomic E-state index is 0.346. The second kappa shape index (κ2) is 11.6. The van der Waals surface area contributed by atoms with E-state index in [0.717, 1.165) is 27.8 Å². The van der Waals surface area contributed by atoms with Gasteiger partial charge in [-0.25, -0.2) is 9.59 Å². The molecule has 5 rings (SSSR count). The van der Waals surface area contributed by atoms with Gasteiger partial charge in [-0.2, -0.15) is 0 Å². The van der Waals surface area contributed by atoms with Crippen molar-refractivity contribution in [1.29, 1.82) is 0 Å². The van der Waals surface area contributed by atoms with Gasteiger partial charge in [0.05, 0.1) is 23.7 Å². The Balaban J connectivity index is 1.61. The van der Waals surface area contributed by atoms with Crippen LogP contribution in [-0.2, 0) is 10.2 Å². The van der Waals surface area contributed by atoms with Gasteiger partial charge in [0.25, 0.3) is 0 Å². The molecule has 5 aromatic carbocycles. The molecule has 5 aromatic rings. The third-order valence-corrected chi connectivity index (χ3v) is 7.71. The molecule has 0 saturated heterocycles. The van der Waals surface area contributed by atoms with E-state index in [-0.39, 0.29) is 0 Å². The van der Waals surface area contributed by atoms with Crippen molar-refractivity contribution >= 4 is 11.9 Å². The van der Waals surface area contributed by atoms with Crippen molar-refractivity contribution in [3.05, 3.63) is 171 Å². The summed E-state index contributed by atoms with van der Waals surface area (Å²) in [5.41, 5.74) is 7.92. The first-order valence-electron chi connectivity index (χ1n) is 13.5. The maximum atomic E-state index is 13.0. The average molecular weight is 541 g/mol. The first kappa shape index (κ1) is 27.6. The smallest absolute Gasteiger partial charge is 0.343 e. The molecular formula is C37H32O4. The van der Waals surface area contributed by atoms with E-state index in [1.807, 2.05) is 31.2 Å². The average Bonchev–Trinajstić information content (AvgIpc) is 3.01. The van der Waals surface area contributed by atoms with Crippen molar-refractivity contribution in [2.45, 2.75) is 26.2 Å². The first-order valence-corrected chi connectivity index (χ1v) is 13.5. The molecule has 0 aliphatic heterocycles. The Labute approximate surface area is 241 Å². The van der Waals surface area contributed by atoms with Crippen molar-refractivity contribution in [3.63, 3.8) is 0 Å². The maximum Gasteiger partial charge on any atom is 0.343 e. The number of hydrogen-bond acceptors (Lipinski definition) is 4. The molecule has 0 aliphatic carbocycles. The first-order chi connectivity index (χ1) is 19.8. The van der Waals surface area contributed by atoms with Crippen LogP contribution in [0.5, 0.6) is 5.75 Å². The summed E-state index contributed by atoms with van der Waals surface area (Å²) in [7, 11) is 1.32. The topological polar surface area (TPSA) is 52.6 Å². The van der Waals surface area contributed by atoms with E-state index in [4.69, 9.17) is 9.47 Å². The summed E-state index contributed by atoms with van der Waals surface area (Å²) in [5, 5.41) is 0. The lowest BCUT2D eigenvalue weighted by Crippen LogP contribution is -2.31. The van der Waals surface area contributed by atoms with Gasteiger partial charge in [0.1, 0.15) is 5.75 Å². The highest BCUT2D eigenvalue weighted by Crippen LogP contribution is 2.46. The summed E-state index contributed by atoms with van der Waals surface area (Å²) in [4.78, 5) is 24.7. The minimum atomic E-state index is -0.599. The molecule has 0 aliphatic rings. The Morgan fingerprint density at radius 1 is 0.512 bits per heavy atom. The van der Waals surface area contributed by atoms with Gasteiger partial charge in [0.2, 0.25) is 0 Å². The lowest BCUT2D eigenvalue weighted by Gasteiger charge is -2.37. The van der Waals surface area contributed by atoms with Crippen molar-refractivity contribution in [2.75, 3.05) is 7.11 Å². The lowest BCUT2D eigenvalue weighted by molar-refractivity contribution is 0.0599. The van der Waals surface area contributed by atoms with E-state index in [0.29, 0.717) is 16.9 Å². The molecule has 4 heteroatoms. The SMILES string of the molecule is COC(=O)c1ccc(C(=O)Oc2ccc(C(c3ccccc3)(c3ccccc3)c3ccc(C)c(C)c3)cc2C)cc1. The normalized spacial score (nSPS) is 11.1. The maximum absolute atomic E-state index is 13.0. The van der Waals surface area contributed by atoms with Crippen molar-refractivity contribution < 1.29 is 19.1 Å². The van der Waals surface area contributed by atoms with Gasteiger partial charge in [-0.15, -0.1) is 0 Å². The molecule has 4 nitrogen and oxygen atoms in total. The molecule has 0 radical (unpaired) electrons. The molecule has 204 valence electrons. The van der Waals surface area contributed by atoms with E-state index in [9.17, 15) is 9.59 Å². The molecule has 0 bridgehead atoms. The van der Waals surface area contributed by atoms with Crippen LogP contribution in [0.1, 0.15) is 59.7 Å². The third kappa shape index (κ3) is 5.29. The van der Waals surface area contributed by atoms with Crippen LogP contribution in [0.25, 0.3) is 0 Å². The van der Waals surface area contributed by atoms with Gasteiger partial charge in [0, 0.05) is 0 Å². The van der Waals surface area contributed by atoms with Gasteiger partial charge in [-0.1, -0.05) is 91.0 Å². The molecule has 0 N–H and O–H groups in total. The van der Waals surface area contributed by atoms with Gasteiger partial charge >= 0.3 is 11.9 Å². The van der Waals surface area contributed by atoms with Crippen LogP contribution >= 0.6 is 0 Å². The second-order valence-electron chi connectivity index (χ2n) is 10.2. The number of rotatable bonds is 7. The molecular weight excluding hydrogens is 508 g/mol. The summed E-state index contributed by atoms with van der Waals surface area (Å²) in [6.07, 6.45) is 0. The molecule has 0 fully saturated rings. The molecule has 0 aromatic heterocycles. The summed E-state index contributed by atoms with van der Waals surface area (Å²) in [6.45, 7) is 6.22. The number of carbonyl (C=O) groups excluding carboxylic acids is 2. The number of hydrogen-bond donors (Lipinski definition) is 0. The predicted molar refractivity (Wildman–Crippen MR) is 162 cm³/mol. The van der Waals surface area contributed by atoms with Crippen LogP contribution in [0.2, 0.25) is 0 Å². The number of aryl methyl sites for hydroxylation is 3. The predicted octanol–water partition coefficient (Wildman–Crippen LogP) is 8.00. The van der Waals surface area contributed by atoms with Crippen LogP contribution < -0.4 is 4.74 Å². The van der Waals surface area contributed by atoms with E-state index < -0.39 is 17.4 Å². The fourth-order valence-corrected chi connectivity index (χ4v) is 5.37. The van der Waals surface area contributed by atoms with E-state index in [1.54, 1.807) is 24.3 Å². The number of ether oxygens (including phenoxy) is 2. The molecule has 0 spiro atoms. The molecule has 0 unspecified atom stereocenters. The van der Waals surface area contributed by atoms with Gasteiger partial charge in [0.15, 0.2) is 0 Å². The fourth-order valence-electron chi connectivity index (χ4n) is 5.37. The van der Waals surface area contributed by atoms with Gasteiger partial charge in [-0.05, 0) is 90.0 Å². The lowest BCUT2D eigenvalue weighted by atomic mass is 9.64. The van der Waals surface area contributed by atoms with E-state index >= 15 is 0 Å². The Morgan fingerprint density at radius 2 is 1.00 bits per heavy atom. The summed E-state index contributed by atoms with van der Waals surface area (Å²) in [6, 6.07) is 40.0.